The van der Waals surface area contributed by atoms with Crippen molar-refractivity contribution in [1.82, 2.24) is 9.78 Å². The number of nitrogens with one attached hydrogen (secondary N) is 2. The highest BCUT2D eigenvalue weighted by Gasteiger charge is 2.26. The molecule has 2 aromatic heterocycles. The average Bonchev–Trinajstić information content (AvgIpc) is 3.42. The number of nitrogens with zero attached hydrogens (tertiary/aromatic N) is 2. The molecule has 0 bridgehead atoms. The predicted octanol–water partition coefficient (Wildman–Crippen LogP) is 5.62. The van der Waals surface area contributed by atoms with Crippen molar-refractivity contribution in [2.75, 3.05) is 17.7 Å². The van der Waals surface area contributed by atoms with Gasteiger partial charge in [-0.2, -0.15) is 5.10 Å². The van der Waals surface area contributed by atoms with Gasteiger partial charge in [-0.3, -0.25) is 4.68 Å². The first-order valence-electron chi connectivity index (χ1n) is 10.9. The van der Waals surface area contributed by atoms with Gasteiger partial charge in [0.25, 0.3) is 0 Å². The normalized spacial score (nSPS) is 12.9. The Morgan fingerprint density at radius 2 is 1.97 bits per heavy atom. The molecule has 0 saturated carbocycles. The number of aryl methyl sites for hydroxylation is 1. The summed E-state index contributed by atoms with van der Waals surface area (Å²) >= 11 is 7.13. The summed E-state index contributed by atoms with van der Waals surface area (Å²) < 4.78 is 6.93. The van der Waals surface area contributed by atoms with Crippen molar-refractivity contribution in [3.8, 4) is 0 Å². The Hall–Kier alpha value is -3.23. The van der Waals surface area contributed by atoms with Crippen molar-refractivity contribution < 1.29 is 9.53 Å². The first-order chi connectivity index (χ1) is 16.1. The molecule has 0 atom stereocenters. The van der Waals surface area contributed by atoms with E-state index >= 15 is 0 Å². The lowest BCUT2D eigenvalue weighted by molar-refractivity contribution is 0.0601. The van der Waals surface area contributed by atoms with E-state index in [2.05, 4.69) is 52.1 Å². The second-order valence-corrected chi connectivity index (χ2v) is 9.56. The number of fused-ring (bicyclic) bond motifs is 2. The molecule has 0 spiro atoms. The lowest BCUT2D eigenvalue weighted by Gasteiger charge is -2.12. The van der Waals surface area contributed by atoms with Crippen LogP contribution in [0.5, 0.6) is 0 Å². The number of ether oxygens (including phenoxy) is 1. The fourth-order valence-electron chi connectivity index (χ4n) is 4.36. The number of carbonyl (C=O) groups excluding carboxylic acids is 1. The third-order valence-corrected chi connectivity index (χ3v) is 7.30. The number of benzene rings is 2. The van der Waals surface area contributed by atoms with Gasteiger partial charge in [0, 0.05) is 11.1 Å². The molecule has 2 heterocycles. The third-order valence-electron chi connectivity index (χ3n) is 5.89. The minimum Gasteiger partial charge on any atom is -0.465 e. The zero-order valence-corrected chi connectivity index (χ0v) is 19.9. The summed E-state index contributed by atoms with van der Waals surface area (Å²) in [7, 11) is 1.42. The van der Waals surface area contributed by atoms with Crippen LogP contribution in [0.25, 0.3) is 10.8 Å². The Morgan fingerprint density at radius 1 is 1.15 bits per heavy atom. The number of thiocarbonyl (C=S) groups is 1. The molecule has 8 heteroatoms. The first kappa shape index (κ1) is 21.6. The highest BCUT2D eigenvalue weighted by atomic mass is 32.1. The van der Waals surface area contributed by atoms with Gasteiger partial charge >= 0.3 is 5.97 Å². The summed E-state index contributed by atoms with van der Waals surface area (Å²) in [6.07, 6.45) is 7.81. The minimum atomic E-state index is -0.317. The molecule has 2 aromatic carbocycles. The van der Waals surface area contributed by atoms with Gasteiger partial charge < -0.3 is 15.4 Å². The number of thiophene rings is 1. The van der Waals surface area contributed by atoms with Crippen molar-refractivity contribution in [2.45, 2.75) is 32.2 Å². The van der Waals surface area contributed by atoms with Crippen LogP contribution in [0.2, 0.25) is 0 Å². The van der Waals surface area contributed by atoms with Gasteiger partial charge in [-0.15, -0.1) is 11.3 Å². The number of esters is 1. The number of hydrogen-bond acceptors (Lipinski definition) is 5. The third kappa shape index (κ3) is 4.49. The van der Waals surface area contributed by atoms with Gasteiger partial charge in [-0.25, -0.2) is 4.79 Å². The van der Waals surface area contributed by atoms with E-state index in [0.717, 1.165) is 41.9 Å². The van der Waals surface area contributed by atoms with Gasteiger partial charge in [0.05, 0.1) is 31.1 Å². The molecule has 1 aliphatic carbocycles. The second kappa shape index (κ2) is 9.33. The van der Waals surface area contributed by atoms with Gasteiger partial charge in [0.1, 0.15) is 5.00 Å². The van der Waals surface area contributed by atoms with E-state index in [1.54, 1.807) is 17.5 Å². The van der Waals surface area contributed by atoms with E-state index in [0.29, 0.717) is 17.2 Å². The molecule has 2 N–H and O–H groups in total. The van der Waals surface area contributed by atoms with E-state index in [1.165, 1.54) is 28.3 Å². The molecular weight excluding hydrogens is 452 g/mol. The Labute approximate surface area is 201 Å². The Kier molecular flexibility index (Phi) is 6.11. The Balaban J connectivity index is 1.30. The summed E-state index contributed by atoms with van der Waals surface area (Å²) in [5.41, 5.74) is 3.71. The van der Waals surface area contributed by atoms with Gasteiger partial charge in [-0.1, -0.05) is 42.5 Å². The monoisotopic (exact) mass is 476 g/mol. The molecule has 0 aliphatic heterocycles. The summed E-state index contributed by atoms with van der Waals surface area (Å²) in [4.78, 5) is 13.7. The van der Waals surface area contributed by atoms with E-state index in [1.807, 2.05) is 16.9 Å². The van der Waals surface area contributed by atoms with Crippen LogP contribution in [0.1, 0.15) is 39.2 Å². The molecule has 4 aromatic rings. The van der Waals surface area contributed by atoms with Crippen molar-refractivity contribution in [1.29, 1.82) is 0 Å². The van der Waals surface area contributed by atoms with Crippen LogP contribution in [-0.4, -0.2) is 28.0 Å². The topological polar surface area (TPSA) is 68.2 Å². The quantitative estimate of drug-likeness (QED) is 0.288. The minimum absolute atomic E-state index is 0.317. The van der Waals surface area contributed by atoms with Crippen LogP contribution in [-0.2, 0) is 24.1 Å². The van der Waals surface area contributed by atoms with Crippen LogP contribution in [0.3, 0.4) is 0 Å². The van der Waals surface area contributed by atoms with Crippen LogP contribution in [0.15, 0.2) is 54.9 Å². The van der Waals surface area contributed by atoms with Gasteiger partial charge in [0.2, 0.25) is 0 Å². The smallest absolute Gasteiger partial charge is 0.341 e. The average molecular weight is 477 g/mol. The zero-order valence-electron chi connectivity index (χ0n) is 18.3. The van der Waals surface area contributed by atoms with Crippen molar-refractivity contribution in [2.24, 2.45) is 0 Å². The lowest BCUT2D eigenvalue weighted by atomic mass is 9.95. The standard InChI is InChI=1S/C25H24N4O2S2/c1-31-24(30)22-20-11-4-5-12-21(20)33-23(22)28-25(32)27-18-13-26-29(15-18)14-17-9-6-8-16-7-2-3-10-19(16)17/h2-3,6-10,13,15H,4-5,11-12,14H2,1H3,(H2,27,28,32). The molecule has 6 nitrogen and oxygen atoms in total. The summed E-state index contributed by atoms with van der Waals surface area (Å²) in [6.45, 7) is 0.660. The molecule has 1 aliphatic rings. The van der Waals surface area contributed by atoms with Crippen LogP contribution in [0, 0.1) is 0 Å². The number of methoxy groups -OCH3 is 1. The van der Waals surface area contributed by atoms with Gasteiger partial charge in [-0.05, 0) is 59.8 Å². The summed E-state index contributed by atoms with van der Waals surface area (Å²) in [6, 6.07) is 14.7. The maximum Gasteiger partial charge on any atom is 0.341 e. The van der Waals surface area contributed by atoms with Crippen LogP contribution < -0.4 is 10.6 Å². The maximum absolute atomic E-state index is 12.4. The molecule has 0 amide bonds. The fourth-order valence-corrected chi connectivity index (χ4v) is 5.92. The molecule has 0 fully saturated rings. The highest BCUT2D eigenvalue weighted by Crippen LogP contribution is 2.38. The fraction of sp³-hybridized carbons (Fsp3) is 0.240. The number of rotatable bonds is 5. The van der Waals surface area contributed by atoms with E-state index < -0.39 is 0 Å². The number of hydrogen-bond donors (Lipinski definition) is 2. The van der Waals surface area contributed by atoms with Crippen molar-refractivity contribution in [3.63, 3.8) is 0 Å². The second-order valence-electron chi connectivity index (χ2n) is 8.05. The number of carbonyl (C=O) groups is 1. The van der Waals surface area contributed by atoms with E-state index in [-0.39, 0.29) is 5.97 Å². The molecule has 33 heavy (non-hydrogen) atoms. The summed E-state index contributed by atoms with van der Waals surface area (Å²) in [5, 5.41) is 14.5. The zero-order chi connectivity index (χ0) is 22.8. The largest absolute Gasteiger partial charge is 0.465 e. The number of anilines is 2. The van der Waals surface area contributed by atoms with Gasteiger partial charge in [0.15, 0.2) is 5.11 Å². The Bertz CT molecular complexity index is 1340. The van der Waals surface area contributed by atoms with Crippen LogP contribution in [0.4, 0.5) is 10.7 Å². The SMILES string of the molecule is COC(=O)c1c(NC(=S)Nc2cnn(Cc3cccc4ccccc34)c2)sc2c1CCCC2. The Morgan fingerprint density at radius 3 is 2.85 bits per heavy atom. The molecule has 0 unspecified atom stereocenters. The molecule has 0 radical (unpaired) electrons. The van der Waals surface area contributed by atoms with E-state index in [9.17, 15) is 4.79 Å². The number of aromatic nitrogens is 2. The predicted molar refractivity (Wildman–Crippen MR) is 137 cm³/mol. The highest BCUT2D eigenvalue weighted by molar-refractivity contribution is 7.80. The summed E-state index contributed by atoms with van der Waals surface area (Å²) in [5.74, 6) is -0.317. The van der Waals surface area contributed by atoms with Crippen molar-refractivity contribution in [3.05, 3.63) is 76.4 Å². The van der Waals surface area contributed by atoms with Crippen molar-refractivity contribution >= 4 is 56.1 Å². The molecule has 0 saturated heterocycles. The molecule has 5 rings (SSSR count). The van der Waals surface area contributed by atoms with Crippen LogP contribution >= 0.6 is 23.6 Å². The van der Waals surface area contributed by atoms with E-state index in [4.69, 9.17) is 17.0 Å². The molecule has 168 valence electrons. The molecular formula is C25H24N4O2S2. The lowest BCUT2D eigenvalue weighted by Crippen LogP contribution is -2.20. The first-order valence-corrected chi connectivity index (χ1v) is 12.1. The maximum atomic E-state index is 12.4.